The predicted molar refractivity (Wildman–Crippen MR) is 135 cm³/mol. The molecular weight excluding hydrogens is 481 g/mol. The van der Waals surface area contributed by atoms with Gasteiger partial charge in [-0.05, 0) is 55.5 Å². The van der Waals surface area contributed by atoms with Crippen LogP contribution in [0.25, 0.3) is 11.1 Å². The molecule has 3 aromatic rings. The summed E-state index contributed by atoms with van der Waals surface area (Å²) in [4.78, 5) is 24.0. The number of H-pyrrole nitrogens is 1. The van der Waals surface area contributed by atoms with E-state index in [4.69, 9.17) is 4.98 Å². The van der Waals surface area contributed by atoms with Gasteiger partial charge in [-0.1, -0.05) is 19.1 Å². The van der Waals surface area contributed by atoms with Crippen LogP contribution < -0.4 is 4.90 Å². The fourth-order valence-corrected chi connectivity index (χ4v) is 5.55. The number of aryl methyl sites for hydroxylation is 1. The molecule has 7 nitrogen and oxygen atoms in total. The smallest absolute Gasteiger partial charge is 0.312 e. The van der Waals surface area contributed by atoms with Gasteiger partial charge in [0.15, 0.2) is 0 Å². The van der Waals surface area contributed by atoms with Gasteiger partial charge >= 0.3 is 6.03 Å². The van der Waals surface area contributed by atoms with Crippen LogP contribution in [0, 0.1) is 12.7 Å². The third-order valence-electron chi connectivity index (χ3n) is 7.76. The molecule has 37 heavy (non-hydrogen) atoms. The van der Waals surface area contributed by atoms with Crippen LogP contribution in [0.15, 0.2) is 42.7 Å². The Hall–Kier alpha value is -3.40. The first kappa shape index (κ1) is 25.3. The number of nitrogens with zero attached hydrogens (tertiary/aromatic N) is 5. The largest absolute Gasteiger partial charge is 0.326 e. The minimum atomic E-state index is -2.40. The lowest BCUT2D eigenvalue weighted by Gasteiger charge is -2.43. The van der Waals surface area contributed by atoms with E-state index in [2.05, 4.69) is 10.2 Å². The lowest BCUT2D eigenvalue weighted by Crippen LogP contribution is -2.54. The lowest BCUT2D eigenvalue weighted by molar-refractivity contribution is 0.0340. The van der Waals surface area contributed by atoms with Crippen molar-refractivity contribution in [1.29, 1.82) is 0 Å². The van der Waals surface area contributed by atoms with Crippen molar-refractivity contribution in [1.82, 2.24) is 25.0 Å². The number of likely N-dealkylation sites (tertiary alicyclic amines) is 1. The number of carbonyl (C=O) groups is 1. The van der Waals surface area contributed by atoms with E-state index in [9.17, 15) is 18.0 Å². The third-order valence-corrected chi connectivity index (χ3v) is 7.76. The number of hydrogen-bond acceptors (Lipinski definition) is 4. The van der Waals surface area contributed by atoms with Gasteiger partial charge in [0.05, 0.1) is 30.5 Å². The van der Waals surface area contributed by atoms with Gasteiger partial charge in [-0.3, -0.25) is 14.9 Å². The van der Waals surface area contributed by atoms with Gasteiger partial charge in [-0.25, -0.2) is 22.9 Å². The van der Waals surface area contributed by atoms with Crippen molar-refractivity contribution in [3.05, 3.63) is 65.4 Å². The fraction of sp³-hybridized carbons (Fsp3) is 0.444. The first-order valence-electron chi connectivity index (χ1n) is 12.6. The van der Waals surface area contributed by atoms with E-state index in [1.807, 2.05) is 36.2 Å². The highest BCUT2D eigenvalue weighted by molar-refractivity contribution is 5.94. The van der Waals surface area contributed by atoms with Crippen molar-refractivity contribution in [2.45, 2.75) is 51.6 Å². The summed E-state index contributed by atoms with van der Waals surface area (Å²) in [7, 11) is 0. The minimum absolute atomic E-state index is 0.198. The summed E-state index contributed by atoms with van der Waals surface area (Å²) in [6, 6.07) is 8.50. The fourth-order valence-electron chi connectivity index (χ4n) is 5.55. The second-order valence-electron chi connectivity index (χ2n) is 9.90. The van der Waals surface area contributed by atoms with Gasteiger partial charge < -0.3 is 4.90 Å². The number of aromatic nitrogens is 3. The van der Waals surface area contributed by atoms with Gasteiger partial charge in [-0.15, -0.1) is 0 Å². The number of aromatic amines is 1. The molecule has 196 valence electrons. The molecule has 2 aromatic heterocycles. The van der Waals surface area contributed by atoms with Crippen molar-refractivity contribution in [3.63, 3.8) is 0 Å². The normalized spacial score (nSPS) is 17.9. The molecular formula is C27H31F3N6O. The van der Waals surface area contributed by atoms with Crippen LogP contribution in [0.4, 0.5) is 23.8 Å². The Morgan fingerprint density at radius 3 is 2.62 bits per heavy atom. The third kappa shape index (κ3) is 4.82. The number of alkyl halides is 2. The number of halogens is 3. The van der Waals surface area contributed by atoms with Gasteiger partial charge in [0.1, 0.15) is 11.6 Å². The minimum Gasteiger partial charge on any atom is -0.312 e. The Balaban J connectivity index is 1.48. The molecule has 10 heteroatoms. The predicted octanol–water partition coefficient (Wildman–Crippen LogP) is 5.02. The number of rotatable bonds is 7. The first-order chi connectivity index (χ1) is 17.8. The summed E-state index contributed by atoms with van der Waals surface area (Å²) >= 11 is 0. The van der Waals surface area contributed by atoms with Crippen molar-refractivity contribution in [2.24, 2.45) is 0 Å². The summed E-state index contributed by atoms with van der Waals surface area (Å²) in [5, 5.41) is 6.85. The standard InChI is InChI=1S/C27H31F3N6O/c1-3-23-21(20-13-31-32-14-20)7-8-25(33-23)35-17-27(9-11-34(12-10-27)16-24(29)30)36(26(35)37)15-19-5-4-6-22(28)18(19)2/h4-8,13-14,24H,3,9-12,15-17H2,1-2H3,(H,31,32). The van der Waals surface area contributed by atoms with E-state index in [-0.39, 0.29) is 24.9 Å². The van der Waals surface area contributed by atoms with Crippen molar-refractivity contribution >= 4 is 11.8 Å². The van der Waals surface area contributed by atoms with Gasteiger partial charge in [0, 0.05) is 37.0 Å². The van der Waals surface area contributed by atoms with E-state index in [0.29, 0.717) is 50.3 Å². The summed E-state index contributed by atoms with van der Waals surface area (Å²) < 4.78 is 40.4. The molecule has 2 fully saturated rings. The Morgan fingerprint density at radius 2 is 1.95 bits per heavy atom. The highest BCUT2D eigenvalue weighted by Crippen LogP contribution is 2.40. The lowest BCUT2D eigenvalue weighted by atomic mass is 9.86. The molecule has 5 rings (SSSR count). The number of hydrogen-bond donors (Lipinski definition) is 1. The van der Waals surface area contributed by atoms with Crippen LogP contribution in [-0.2, 0) is 13.0 Å². The molecule has 2 saturated heterocycles. The molecule has 4 heterocycles. The zero-order valence-corrected chi connectivity index (χ0v) is 21.1. The molecule has 1 aromatic carbocycles. The van der Waals surface area contributed by atoms with Gasteiger partial charge in [0.2, 0.25) is 0 Å². The maximum absolute atomic E-state index is 14.3. The topological polar surface area (TPSA) is 68.4 Å². The van der Waals surface area contributed by atoms with E-state index in [0.717, 1.165) is 22.4 Å². The summed E-state index contributed by atoms with van der Waals surface area (Å²) in [5.41, 5.74) is 3.43. The average molecular weight is 513 g/mol. The Bertz CT molecular complexity index is 1260. The van der Waals surface area contributed by atoms with E-state index in [1.165, 1.54) is 6.07 Å². The van der Waals surface area contributed by atoms with E-state index < -0.39 is 12.0 Å². The van der Waals surface area contributed by atoms with Crippen LogP contribution in [0.1, 0.15) is 36.6 Å². The molecule has 1 N–H and O–H groups in total. The molecule has 2 amide bonds. The van der Waals surface area contributed by atoms with Crippen LogP contribution >= 0.6 is 0 Å². The summed E-state index contributed by atoms with van der Waals surface area (Å²) in [6.45, 7) is 5.05. The number of amides is 2. The maximum atomic E-state index is 14.3. The number of piperidine rings is 1. The quantitative estimate of drug-likeness (QED) is 0.483. The Kier molecular flexibility index (Phi) is 6.94. The molecule has 0 bridgehead atoms. The summed E-state index contributed by atoms with van der Waals surface area (Å²) in [5.74, 6) is 0.243. The average Bonchev–Trinajstić information content (AvgIpc) is 3.51. The Morgan fingerprint density at radius 1 is 1.16 bits per heavy atom. The molecule has 2 aliphatic rings. The van der Waals surface area contributed by atoms with Gasteiger partial charge in [-0.2, -0.15) is 5.10 Å². The molecule has 0 saturated carbocycles. The van der Waals surface area contributed by atoms with Crippen LogP contribution in [0.3, 0.4) is 0 Å². The molecule has 2 aliphatic heterocycles. The van der Waals surface area contributed by atoms with Crippen molar-refractivity contribution in [2.75, 3.05) is 31.1 Å². The summed E-state index contributed by atoms with van der Waals surface area (Å²) in [6.07, 6.45) is 2.95. The second-order valence-corrected chi connectivity index (χ2v) is 9.90. The van der Waals surface area contributed by atoms with E-state index >= 15 is 0 Å². The molecule has 0 unspecified atom stereocenters. The van der Waals surface area contributed by atoms with Crippen molar-refractivity contribution < 1.29 is 18.0 Å². The zero-order chi connectivity index (χ0) is 26.2. The zero-order valence-electron chi connectivity index (χ0n) is 21.1. The van der Waals surface area contributed by atoms with Crippen LogP contribution in [-0.4, -0.2) is 69.2 Å². The van der Waals surface area contributed by atoms with Crippen LogP contribution in [0.2, 0.25) is 0 Å². The number of carbonyl (C=O) groups excluding carboxylic acids is 1. The number of benzene rings is 1. The van der Waals surface area contributed by atoms with E-state index in [1.54, 1.807) is 29.0 Å². The highest BCUT2D eigenvalue weighted by atomic mass is 19.3. The molecule has 0 radical (unpaired) electrons. The monoisotopic (exact) mass is 512 g/mol. The maximum Gasteiger partial charge on any atom is 0.326 e. The second kappa shape index (κ2) is 10.2. The van der Waals surface area contributed by atoms with Crippen LogP contribution in [0.5, 0.6) is 0 Å². The number of urea groups is 1. The first-order valence-corrected chi connectivity index (χ1v) is 12.6. The molecule has 0 aliphatic carbocycles. The Labute approximate surface area is 214 Å². The molecule has 0 atom stereocenters. The number of nitrogens with one attached hydrogen (secondary N) is 1. The number of anilines is 1. The SMILES string of the molecule is CCc1nc(N2CC3(CCN(CC(F)F)CC3)N(Cc3cccc(F)c3C)C2=O)ccc1-c1cn[nH]c1. The van der Waals surface area contributed by atoms with Crippen molar-refractivity contribution in [3.8, 4) is 11.1 Å². The van der Waals surface area contributed by atoms with Gasteiger partial charge in [0.25, 0.3) is 6.43 Å². The molecule has 1 spiro atoms. The highest BCUT2D eigenvalue weighted by Gasteiger charge is 2.51. The number of pyridine rings is 1.